The van der Waals surface area contributed by atoms with Crippen molar-refractivity contribution in [1.29, 1.82) is 0 Å². The van der Waals surface area contributed by atoms with Crippen LogP contribution in [-0.4, -0.2) is 61.0 Å². The van der Waals surface area contributed by atoms with Crippen LogP contribution in [0.4, 0.5) is 13.2 Å². The highest BCUT2D eigenvalue weighted by Gasteiger charge is 2.51. The second-order valence-electron chi connectivity index (χ2n) is 9.64. The molecule has 0 aliphatic heterocycles. The maximum Gasteiger partial charge on any atom is 0.416 e. The quantitative estimate of drug-likeness (QED) is 0.323. The summed E-state index contributed by atoms with van der Waals surface area (Å²) in [5.74, 6) is 0.0918. The van der Waals surface area contributed by atoms with Gasteiger partial charge in [-0.3, -0.25) is 9.69 Å². The second-order valence-corrected chi connectivity index (χ2v) is 10.1. The minimum absolute atomic E-state index is 0.108. The van der Waals surface area contributed by atoms with Crippen LogP contribution in [0.5, 0.6) is 5.75 Å². The van der Waals surface area contributed by atoms with Crippen LogP contribution in [0.1, 0.15) is 44.2 Å². The molecule has 1 amide bonds. The first-order valence-electron chi connectivity index (χ1n) is 12.4. The van der Waals surface area contributed by atoms with E-state index in [2.05, 4.69) is 10.6 Å². The van der Waals surface area contributed by atoms with Gasteiger partial charge in [0.2, 0.25) is 5.91 Å². The van der Waals surface area contributed by atoms with Gasteiger partial charge in [0.1, 0.15) is 17.6 Å². The Morgan fingerprint density at radius 2 is 1.76 bits per heavy atom. The number of alkyl halides is 3. The van der Waals surface area contributed by atoms with E-state index in [1.807, 2.05) is 31.0 Å². The molecule has 1 aliphatic carbocycles. The summed E-state index contributed by atoms with van der Waals surface area (Å²) in [6.07, 6.45) is -3.84. The molecule has 10 heteroatoms. The Balaban J connectivity index is 1.74. The molecule has 204 valence electrons. The maximum absolute atomic E-state index is 13.1. The van der Waals surface area contributed by atoms with E-state index >= 15 is 0 Å². The lowest BCUT2D eigenvalue weighted by atomic mass is 9.94. The van der Waals surface area contributed by atoms with Gasteiger partial charge in [-0.05, 0) is 75.3 Å². The molecule has 0 bridgehead atoms. The summed E-state index contributed by atoms with van der Waals surface area (Å²) in [4.78, 5) is 14.9. The van der Waals surface area contributed by atoms with Crippen molar-refractivity contribution in [2.75, 3.05) is 33.2 Å². The molecular formula is C27H35ClF3N3O3. The fourth-order valence-electron chi connectivity index (χ4n) is 4.44. The van der Waals surface area contributed by atoms with E-state index in [4.69, 9.17) is 16.3 Å². The van der Waals surface area contributed by atoms with Crippen LogP contribution in [-0.2, 0) is 16.4 Å². The minimum atomic E-state index is -4.46. The van der Waals surface area contributed by atoms with Crippen molar-refractivity contribution >= 4 is 17.5 Å². The Hall–Kier alpha value is -2.33. The Labute approximate surface area is 221 Å². The van der Waals surface area contributed by atoms with Crippen LogP contribution in [0, 0.1) is 0 Å². The van der Waals surface area contributed by atoms with Gasteiger partial charge >= 0.3 is 6.18 Å². The Morgan fingerprint density at radius 1 is 1.14 bits per heavy atom. The predicted octanol–water partition coefficient (Wildman–Crippen LogP) is 4.59. The topological polar surface area (TPSA) is 73.8 Å². The molecule has 37 heavy (non-hydrogen) atoms. The Bertz CT molecular complexity index is 1030. The zero-order chi connectivity index (χ0) is 27.3. The van der Waals surface area contributed by atoms with Crippen LogP contribution < -0.4 is 15.4 Å². The molecule has 2 unspecified atom stereocenters. The van der Waals surface area contributed by atoms with Crippen LogP contribution >= 0.6 is 11.6 Å². The molecule has 0 saturated heterocycles. The molecule has 2 aromatic carbocycles. The number of hydrogen-bond acceptors (Lipinski definition) is 5. The first kappa shape index (κ1) is 29.2. The van der Waals surface area contributed by atoms with Gasteiger partial charge < -0.3 is 20.5 Å². The number of carbonyl (C=O) groups excluding carboxylic acids is 1. The average Bonchev–Trinajstić information content (AvgIpc) is 3.67. The smallest absolute Gasteiger partial charge is 0.416 e. The van der Waals surface area contributed by atoms with Crippen LogP contribution in [0.2, 0.25) is 5.02 Å². The summed E-state index contributed by atoms with van der Waals surface area (Å²) in [5, 5.41) is 17.9. The third kappa shape index (κ3) is 7.16. The number of nitrogens with one attached hydrogen (secondary N) is 2. The standard InChI is InChI=1S/C27H35ClF3N3O3/c1-4-34(18-17-32-3)24(36)25(2,37-22-11-7-20(8-12-22)27(29,30)31)15-16-33-23(35)26(13-14-26)19-5-9-21(28)10-6-19/h5-12,24,32,36H,4,13-18H2,1-3H3,(H,33,35). The lowest BCUT2D eigenvalue weighted by molar-refractivity contribution is -0.137. The van der Waals surface area contributed by atoms with E-state index in [1.165, 1.54) is 12.1 Å². The van der Waals surface area contributed by atoms with Crippen LogP contribution in [0.3, 0.4) is 0 Å². The number of rotatable bonds is 13. The van der Waals surface area contributed by atoms with Gasteiger partial charge in [0.05, 0.1) is 11.0 Å². The fourth-order valence-corrected chi connectivity index (χ4v) is 4.57. The van der Waals surface area contributed by atoms with E-state index in [-0.39, 0.29) is 24.6 Å². The summed E-state index contributed by atoms with van der Waals surface area (Å²) < 4.78 is 45.1. The number of nitrogens with zero attached hydrogens (tertiary/aromatic N) is 1. The van der Waals surface area contributed by atoms with E-state index in [0.29, 0.717) is 24.7 Å². The number of aliphatic hydroxyl groups excluding tert-OH is 1. The van der Waals surface area contributed by atoms with Gasteiger partial charge in [0.25, 0.3) is 0 Å². The van der Waals surface area contributed by atoms with Crippen LogP contribution in [0.15, 0.2) is 48.5 Å². The third-order valence-corrected chi connectivity index (χ3v) is 7.22. The van der Waals surface area contributed by atoms with Crippen molar-refractivity contribution in [3.8, 4) is 5.75 Å². The van der Waals surface area contributed by atoms with Gasteiger partial charge in [-0.25, -0.2) is 0 Å². The monoisotopic (exact) mass is 541 g/mol. The number of ether oxygens (including phenoxy) is 1. The average molecular weight is 542 g/mol. The molecule has 0 radical (unpaired) electrons. The summed E-state index contributed by atoms with van der Waals surface area (Å²) in [6.45, 7) is 5.51. The van der Waals surface area contributed by atoms with Crippen molar-refractivity contribution in [1.82, 2.24) is 15.5 Å². The van der Waals surface area contributed by atoms with E-state index < -0.39 is 29.0 Å². The summed E-state index contributed by atoms with van der Waals surface area (Å²) in [7, 11) is 1.81. The maximum atomic E-state index is 13.1. The minimum Gasteiger partial charge on any atom is -0.483 e. The second kappa shape index (κ2) is 12.0. The Morgan fingerprint density at radius 3 is 2.27 bits per heavy atom. The fraction of sp³-hybridized carbons (Fsp3) is 0.519. The number of halogens is 4. The van der Waals surface area contributed by atoms with Crippen molar-refractivity contribution < 1.29 is 27.8 Å². The largest absolute Gasteiger partial charge is 0.483 e. The molecule has 1 aliphatic rings. The zero-order valence-corrected chi connectivity index (χ0v) is 22.1. The highest BCUT2D eigenvalue weighted by molar-refractivity contribution is 6.30. The molecule has 3 N–H and O–H groups in total. The highest BCUT2D eigenvalue weighted by atomic mass is 35.5. The Kier molecular flexibility index (Phi) is 9.50. The SMILES string of the molecule is CCN(CCNC)C(O)C(C)(CCNC(=O)C1(c2ccc(Cl)cc2)CC1)Oc1ccc(C(F)(F)F)cc1. The van der Waals surface area contributed by atoms with Gasteiger partial charge in [-0.1, -0.05) is 30.7 Å². The number of carbonyl (C=O) groups is 1. The van der Waals surface area contributed by atoms with Crippen molar-refractivity contribution in [2.45, 2.75) is 56.5 Å². The van der Waals surface area contributed by atoms with Crippen molar-refractivity contribution in [3.05, 3.63) is 64.7 Å². The normalized spacial score (nSPS) is 17.2. The molecular weight excluding hydrogens is 507 g/mol. The van der Waals surface area contributed by atoms with Gasteiger partial charge in [0, 0.05) is 31.1 Å². The third-order valence-electron chi connectivity index (χ3n) is 6.97. The highest BCUT2D eigenvalue weighted by Crippen LogP contribution is 2.48. The van der Waals surface area contributed by atoms with Crippen molar-refractivity contribution in [3.63, 3.8) is 0 Å². The molecule has 2 atom stereocenters. The first-order valence-corrected chi connectivity index (χ1v) is 12.8. The molecule has 0 spiro atoms. The first-order chi connectivity index (χ1) is 17.4. The zero-order valence-electron chi connectivity index (χ0n) is 21.4. The lowest BCUT2D eigenvalue weighted by Crippen LogP contribution is -2.56. The number of likely N-dealkylation sites (N-methyl/N-ethyl adjacent to an activating group) is 2. The van der Waals surface area contributed by atoms with Gasteiger partial charge in [-0.2, -0.15) is 13.2 Å². The molecule has 0 heterocycles. The van der Waals surface area contributed by atoms with Gasteiger partial charge in [0.15, 0.2) is 0 Å². The van der Waals surface area contributed by atoms with Crippen LogP contribution in [0.25, 0.3) is 0 Å². The molecule has 6 nitrogen and oxygen atoms in total. The number of aliphatic hydroxyl groups is 1. The number of hydrogen-bond donors (Lipinski definition) is 3. The summed E-state index contributed by atoms with van der Waals surface area (Å²) in [5.41, 5.74) is -1.68. The lowest BCUT2D eigenvalue weighted by Gasteiger charge is -2.41. The van der Waals surface area contributed by atoms with Crippen molar-refractivity contribution in [2.24, 2.45) is 0 Å². The molecule has 0 aromatic heterocycles. The molecule has 1 saturated carbocycles. The summed E-state index contributed by atoms with van der Waals surface area (Å²) >= 11 is 5.99. The predicted molar refractivity (Wildman–Crippen MR) is 138 cm³/mol. The van der Waals surface area contributed by atoms with E-state index in [9.17, 15) is 23.1 Å². The number of benzene rings is 2. The molecule has 1 fully saturated rings. The molecule has 2 aromatic rings. The van der Waals surface area contributed by atoms with E-state index in [0.717, 1.165) is 30.5 Å². The summed E-state index contributed by atoms with van der Waals surface area (Å²) in [6, 6.07) is 11.6. The molecule has 3 rings (SSSR count). The van der Waals surface area contributed by atoms with Gasteiger partial charge in [-0.15, -0.1) is 0 Å². The number of amides is 1. The van der Waals surface area contributed by atoms with E-state index in [1.54, 1.807) is 19.1 Å².